The third kappa shape index (κ3) is 5.09. The minimum atomic E-state index is -0.381. The third-order valence-corrected chi connectivity index (χ3v) is 4.05. The summed E-state index contributed by atoms with van der Waals surface area (Å²) >= 11 is 0. The van der Waals surface area contributed by atoms with Crippen LogP contribution >= 0.6 is 0 Å². The van der Waals surface area contributed by atoms with Crippen molar-refractivity contribution >= 4 is 5.91 Å². The minimum absolute atomic E-state index is 0.0338. The van der Waals surface area contributed by atoms with Gasteiger partial charge in [-0.2, -0.15) is 0 Å². The molecule has 2 N–H and O–H groups in total. The second kappa shape index (κ2) is 7.82. The number of nitrogens with one attached hydrogen (secondary N) is 1. The Bertz CT molecular complexity index is 280. The first-order valence-electron chi connectivity index (χ1n) is 7.53. The number of morpholine rings is 1. The molecule has 5 heteroatoms. The molecule has 0 aromatic carbocycles. The Kier molecular flexibility index (Phi) is 6.07. The molecule has 1 amide bonds. The number of hydrogen-bond acceptors (Lipinski definition) is 4. The highest BCUT2D eigenvalue weighted by atomic mass is 16.5. The molecule has 1 saturated heterocycles. The van der Waals surface area contributed by atoms with Gasteiger partial charge in [-0.25, -0.2) is 0 Å². The fraction of sp³-hybridized carbons (Fsp3) is 0.929. The van der Waals surface area contributed by atoms with Gasteiger partial charge in [-0.05, 0) is 12.8 Å². The Morgan fingerprint density at radius 1 is 1.16 bits per heavy atom. The Labute approximate surface area is 115 Å². The first-order valence-corrected chi connectivity index (χ1v) is 7.53. The maximum atomic E-state index is 12.0. The molecule has 110 valence electrons. The van der Waals surface area contributed by atoms with E-state index in [0.717, 1.165) is 38.8 Å². The van der Waals surface area contributed by atoms with E-state index in [2.05, 4.69) is 10.2 Å². The van der Waals surface area contributed by atoms with Crippen LogP contribution in [0.3, 0.4) is 0 Å². The van der Waals surface area contributed by atoms with Crippen LogP contribution in [0.4, 0.5) is 0 Å². The van der Waals surface area contributed by atoms with Crippen LogP contribution in [0, 0.1) is 0 Å². The number of aliphatic hydroxyl groups excluding tert-OH is 1. The van der Waals surface area contributed by atoms with Crippen LogP contribution in [-0.4, -0.2) is 60.9 Å². The van der Waals surface area contributed by atoms with Gasteiger partial charge in [0.15, 0.2) is 0 Å². The molecule has 19 heavy (non-hydrogen) atoms. The highest BCUT2D eigenvalue weighted by Gasteiger charge is 2.23. The summed E-state index contributed by atoms with van der Waals surface area (Å²) in [5, 5.41) is 13.1. The number of rotatable bonds is 3. The first-order chi connectivity index (χ1) is 9.25. The summed E-state index contributed by atoms with van der Waals surface area (Å²) in [5.74, 6) is 0.0338. The van der Waals surface area contributed by atoms with Gasteiger partial charge in [-0.15, -0.1) is 0 Å². The lowest BCUT2D eigenvalue weighted by Gasteiger charge is -2.29. The quantitative estimate of drug-likeness (QED) is 0.785. The van der Waals surface area contributed by atoms with E-state index in [1.807, 2.05) is 0 Å². The molecule has 1 aliphatic carbocycles. The predicted molar refractivity (Wildman–Crippen MR) is 72.9 cm³/mol. The van der Waals surface area contributed by atoms with Crippen LogP contribution in [0.1, 0.15) is 38.5 Å². The molecule has 0 unspecified atom stereocenters. The normalized spacial score (nSPS) is 30.4. The van der Waals surface area contributed by atoms with E-state index in [1.165, 1.54) is 12.8 Å². The van der Waals surface area contributed by atoms with Crippen molar-refractivity contribution in [1.82, 2.24) is 10.2 Å². The summed E-state index contributed by atoms with van der Waals surface area (Å²) in [7, 11) is 0. The molecule has 2 rings (SSSR count). The van der Waals surface area contributed by atoms with Gasteiger partial charge in [-0.3, -0.25) is 9.69 Å². The minimum Gasteiger partial charge on any atom is -0.391 e. The van der Waals surface area contributed by atoms with Crippen molar-refractivity contribution in [2.75, 3.05) is 32.8 Å². The number of carbonyl (C=O) groups is 1. The van der Waals surface area contributed by atoms with Crippen molar-refractivity contribution in [3.05, 3.63) is 0 Å². The fourth-order valence-corrected chi connectivity index (χ4v) is 2.85. The van der Waals surface area contributed by atoms with Gasteiger partial charge in [-0.1, -0.05) is 25.7 Å². The van der Waals surface area contributed by atoms with E-state index >= 15 is 0 Å². The molecule has 1 aliphatic heterocycles. The average molecular weight is 270 g/mol. The summed E-state index contributed by atoms with van der Waals surface area (Å²) in [5.41, 5.74) is 0. The summed E-state index contributed by atoms with van der Waals surface area (Å²) in [6.07, 6.45) is 5.90. The van der Waals surface area contributed by atoms with Crippen LogP contribution in [0.15, 0.2) is 0 Å². The Morgan fingerprint density at radius 2 is 1.84 bits per heavy atom. The van der Waals surface area contributed by atoms with Crippen molar-refractivity contribution in [2.24, 2.45) is 0 Å². The highest BCUT2D eigenvalue weighted by molar-refractivity contribution is 5.78. The zero-order chi connectivity index (χ0) is 13.5. The van der Waals surface area contributed by atoms with Crippen LogP contribution < -0.4 is 5.32 Å². The first kappa shape index (κ1) is 14.8. The van der Waals surface area contributed by atoms with Crippen LogP contribution in [0.25, 0.3) is 0 Å². The van der Waals surface area contributed by atoms with E-state index < -0.39 is 0 Å². The lowest BCUT2D eigenvalue weighted by molar-refractivity contribution is -0.125. The Balaban J connectivity index is 1.75. The van der Waals surface area contributed by atoms with Gasteiger partial charge < -0.3 is 15.2 Å². The van der Waals surface area contributed by atoms with Crippen LogP contribution in [0.2, 0.25) is 0 Å². The molecule has 0 aromatic heterocycles. The SMILES string of the molecule is O=C(CN1CCOCC1)N[C@H]1CCCCCC[C@@H]1O. The topological polar surface area (TPSA) is 61.8 Å². The Hall–Kier alpha value is -0.650. The van der Waals surface area contributed by atoms with Crippen molar-refractivity contribution in [3.63, 3.8) is 0 Å². The van der Waals surface area contributed by atoms with E-state index in [-0.39, 0.29) is 18.1 Å². The van der Waals surface area contributed by atoms with E-state index in [4.69, 9.17) is 4.74 Å². The highest BCUT2D eigenvalue weighted by Crippen LogP contribution is 2.17. The predicted octanol–water partition coefficient (Wildman–Crippen LogP) is 0.519. The summed E-state index contributed by atoms with van der Waals surface area (Å²) in [6.45, 7) is 3.48. The van der Waals surface area contributed by atoms with Gasteiger partial charge in [0.2, 0.25) is 5.91 Å². The van der Waals surface area contributed by atoms with Crippen LogP contribution in [0.5, 0.6) is 0 Å². The zero-order valence-electron chi connectivity index (χ0n) is 11.6. The standard InChI is InChI=1S/C14H26N2O3/c17-13-6-4-2-1-3-5-12(13)15-14(18)11-16-7-9-19-10-8-16/h12-13,17H,1-11H2,(H,15,18)/t12-,13-/m0/s1. The number of carbonyl (C=O) groups excluding carboxylic acids is 1. The fourth-order valence-electron chi connectivity index (χ4n) is 2.85. The average Bonchev–Trinajstić information content (AvgIpc) is 2.40. The molecular formula is C14H26N2O3. The lowest BCUT2D eigenvalue weighted by Crippen LogP contribution is -2.49. The zero-order valence-corrected chi connectivity index (χ0v) is 11.6. The summed E-state index contributed by atoms with van der Waals surface area (Å²) in [6, 6.07) is -0.0613. The smallest absolute Gasteiger partial charge is 0.234 e. The van der Waals surface area contributed by atoms with Gasteiger partial charge in [0.1, 0.15) is 0 Å². The third-order valence-electron chi connectivity index (χ3n) is 4.05. The van der Waals surface area contributed by atoms with Crippen molar-refractivity contribution in [1.29, 1.82) is 0 Å². The molecule has 0 radical (unpaired) electrons. The summed E-state index contributed by atoms with van der Waals surface area (Å²) < 4.78 is 5.27. The molecule has 0 bridgehead atoms. The van der Waals surface area contributed by atoms with Crippen molar-refractivity contribution < 1.29 is 14.6 Å². The lowest BCUT2D eigenvalue weighted by atomic mass is 9.94. The van der Waals surface area contributed by atoms with Crippen molar-refractivity contribution in [2.45, 2.75) is 50.7 Å². The van der Waals surface area contributed by atoms with Crippen LogP contribution in [-0.2, 0) is 9.53 Å². The van der Waals surface area contributed by atoms with E-state index in [9.17, 15) is 9.90 Å². The van der Waals surface area contributed by atoms with Gasteiger partial charge >= 0.3 is 0 Å². The maximum Gasteiger partial charge on any atom is 0.234 e. The van der Waals surface area contributed by atoms with E-state index in [1.54, 1.807) is 0 Å². The Morgan fingerprint density at radius 3 is 2.58 bits per heavy atom. The molecule has 1 heterocycles. The molecule has 2 aliphatic rings. The number of amides is 1. The van der Waals surface area contributed by atoms with Crippen molar-refractivity contribution in [3.8, 4) is 0 Å². The largest absolute Gasteiger partial charge is 0.391 e. The number of hydrogen-bond donors (Lipinski definition) is 2. The molecule has 0 aromatic rings. The summed E-state index contributed by atoms with van der Waals surface area (Å²) in [4.78, 5) is 14.1. The second-order valence-corrected chi connectivity index (χ2v) is 5.62. The van der Waals surface area contributed by atoms with E-state index in [0.29, 0.717) is 19.8 Å². The second-order valence-electron chi connectivity index (χ2n) is 5.62. The number of nitrogens with zero attached hydrogens (tertiary/aromatic N) is 1. The molecule has 0 spiro atoms. The number of ether oxygens (including phenoxy) is 1. The molecular weight excluding hydrogens is 244 g/mol. The van der Waals surface area contributed by atoms with Gasteiger partial charge in [0, 0.05) is 13.1 Å². The monoisotopic (exact) mass is 270 g/mol. The van der Waals surface area contributed by atoms with Gasteiger partial charge in [0.25, 0.3) is 0 Å². The maximum absolute atomic E-state index is 12.0. The molecule has 2 atom stereocenters. The molecule has 5 nitrogen and oxygen atoms in total. The number of aliphatic hydroxyl groups is 1. The van der Waals surface area contributed by atoms with Gasteiger partial charge in [0.05, 0.1) is 31.9 Å². The molecule has 1 saturated carbocycles. The molecule has 2 fully saturated rings.